The van der Waals surface area contributed by atoms with E-state index in [2.05, 4.69) is 0 Å². The zero-order chi connectivity index (χ0) is 15.7. The number of amides is 1. The van der Waals surface area contributed by atoms with Crippen LogP contribution in [0.25, 0.3) is 0 Å². The Balaban J connectivity index is 1.31. The summed E-state index contributed by atoms with van der Waals surface area (Å²) >= 11 is 1.58. The lowest BCUT2D eigenvalue weighted by molar-refractivity contribution is -0.153. The molecular formula is C18H25NO3S. The summed E-state index contributed by atoms with van der Waals surface area (Å²) in [7, 11) is 0. The molecule has 5 heteroatoms. The summed E-state index contributed by atoms with van der Waals surface area (Å²) in [6, 6.07) is 1.91. The largest absolute Gasteiger partial charge is 0.378 e. The van der Waals surface area contributed by atoms with Crippen molar-refractivity contribution in [2.75, 3.05) is 26.3 Å². The van der Waals surface area contributed by atoms with Crippen LogP contribution in [0.3, 0.4) is 0 Å². The highest BCUT2D eigenvalue weighted by atomic mass is 32.1. The minimum absolute atomic E-state index is 0.0576. The molecule has 0 N–H and O–H groups in total. The van der Waals surface area contributed by atoms with Crippen LogP contribution >= 0.6 is 11.3 Å². The molecule has 1 aromatic heterocycles. The summed E-state index contributed by atoms with van der Waals surface area (Å²) in [6.45, 7) is 3.32. The molecule has 126 valence electrons. The van der Waals surface area contributed by atoms with E-state index in [-0.39, 0.29) is 11.5 Å². The number of rotatable bonds is 4. The summed E-state index contributed by atoms with van der Waals surface area (Å²) in [5.74, 6) is 0.984. The number of carbonyl (C=O) groups excluding carboxylic acids is 1. The standard InChI is InChI=1S/C18H25NO3S/c20-17(15-4-10-23-13-15)19-7-5-18(6-8-19)11-16(3-9-22-18)21-12-14-1-2-14/h4,10,13-14,16H,1-3,5-9,11-12H2. The highest BCUT2D eigenvalue weighted by molar-refractivity contribution is 7.08. The average molecular weight is 335 g/mol. The molecule has 23 heavy (non-hydrogen) atoms. The smallest absolute Gasteiger partial charge is 0.254 e. The van der Waals surface area contributed by atoms with Crippen LogP contribution in [0.2, 0.25) is 0 Å². The van der Waals surface area contributed by atoms with Gasteiger partial charge in [-0.3, -0.25) is 4.79 Å². The van der Waals surface area contributed by atoms with E-state index in [9.17, 15) is 4.79 Å². The van der Waals surface area contributed by atoms with E-state index in [1.54, 1.807) is 11.3 Å². The molecule has 1 atom stereocenters. The van der Waals surface area contributed by atoms with Gasteiger partial charge >= 0.3 is 0 Å². The van der Waals surface area contributed by atoms with Gasteiger partial charge in [0.1, 0.15) is 0 Å². The second-order valence-electron chi connectivity index (χ2n) is 7.23. The molecular weight excluding hydrogens is 310 g/mol. The van der Waals surface area contributed by atoms with Crippen molar-refractivity contribution in [3.8, 4) is 0 Å². The molecule has 1 amide bonds. The second kappa shape index (κ2) is 6.54. The van der Waals surface area contributed by atoms with Crippen molar-refractivity contribution in [2.24, 2.45) is 5.92 Å². The van der Waals surface area contributed by atoms with Crippen LogP contribution in [0, 0.1) is 5.92 Å². The Morgan fingerprint density at radius 3 is 2.87 bits per heavy atom. The van der Waals surface area contributed by atoms with E-state index in [0.717, 1.165) is 63.5 Å². The third-order valence-corrected chi connectivity index (χ3v) is 6.13. The molecule has 0 radical (unpaired) electrons. The van der Waals surface area contributed by atoms with Crippen molar-refractivity contribution in [1.82, 2.24) is 4.90 Å². The maximum absolute atomic E-state index is 12.4. The van der Waals surface area contributed by atoms with Gasteiger partial charge in [-0.05, 0) is 49.5 Å². The summed E-state index contributed by atoms with van der Waals surface area (Å²) in [5.41, 5.74) is 0.763. The Kier molecular flexibility index (Phi) is 4.43. The second-order valence-corrected chi connectivity index (χ2v) is 8.01. The molecule has 1 aliphatic carbocycles. The van der Waals surface area contributed by atoms with Gasteiger partial charge in [-0.15, -0.1) is 0 Å². The highest BCUT2D eigenvalue weighted by Crippen LogP contribution is 2.37. The number of likely N-dealkylation sites (tertiary alicyclic amines) is 1. The first-order valence-corrected chi connectivity index (χ1v) is 9.75. The lowest BCUT2D eigenvalue weighted by Gasteiger charge is -2.46. The molecule has 3 fully saturated rings. The normalized spacial score (nSPS) is 27.3. The van der Waals surface area contributed by atoms with Crippen LogP contribution in [0.1, 0.15) is 48.9 Å². The Labute approximate surface area is 141 Å². The van der Waals surface area contributed by atoms with Gasteiger partial charge in [0.25, 0.3) is 5.91 Å². The molecule has 4 rings (SSSR count). The number of carbonyl (C=O) groups is 1. The van der Waals surface area contributed by atoms with E-state index < -0.39 is 0 Å². The van der Waals surface area contributed by atoms with Gasteiger partial charge in [0, 0.05) is 38.1 Å². The lowest BCUT2D eigenvalue weighted by Crippen LogP contribution is -2.52. The Morgan fingerprint density at radius 1 is 1.35 bits per heavy atom. The van der Waals surface area contributed by atoms with Crippen molar-refractivity contribution in [1.29, 1.82) is 0 Å². The summed E-state index contributed by atoms with van der Waals surface area (Å²) in [4.78, 5) is 14.4. The molecule has 1 spiro atoms. The van der Waals surface area contributed by atoms with Crippen LogP contribution in [-0.4, -0.2) is 48.8 Å². The number of nitrogens with zero attached hydrogens (tertiary/aromatic N) is 1. The first kappa shape index (κ1) is 15.6. The van der Waals surface area contributed by atoms with Gasteiger partial charge in [0.2, 0.25) is 0 Å². The third-order valence-electron chi connectivity index (χ3n) is 5.44. The van der Waals surface area contributed by atoms with Gasteiger partial charge in [-0.2, -0.15) is 11.3 Å². The molecule has 2 aliphatic heterocycles. The molecule has 1 unspecified atom stereocenters. The fourth-order valence-corrected chi connectivity index (χ4v) is 4.35. The highest BCUT2D eigenvalue weighted by Gasteiger charge is 2.42. The maximum Gasteiger partial charge on any atom is 0.254 e. The number of ether oxygens (including phenoxy) is 2. The van der Waals surface area contributed by atoms with Crippen LogP contribution < -0.4 is 0 Å². The minimum atomic E-state index is -0.0576. The van der Waals surface area contributed by atoms with Crippen LogP contribution in [0.4, 0.5) is 0 Å². The van der Waals surface area contributed by atoms with Gasteiger partial charge in [0.05, 0.1) is 17.3 Å². The molecule has 3 heterocycles. The van der Waals surface area contributed by atoms with Crippen molar-refractivity contribution < 1.29 is 14.3 Å². The average Bonchev–Trinajstić information content (AvgIpc) is 3.25. The third kappa shape index (κ3) is 3.62. The summed E-state index contributed by atoms with van der Waals surface area (Å²) in [5, 5.41) is 3.90. The van der Waals surface area contributed by atoms with Gasteiger partial charge in [-0.25, -0.2) is 0 Å². The van der Waals surface area contributed by atoms with E-state index in [1.165, 1.54) is 12.8 Å². The summed E-state index contributed by atoms with van der Waals surface area (Å²) in [6.07, 6.45) is 6.93. The lowest BCUT2D eigenvalue weighted by atomic mass is 9.83. The molecule has 0 bridgehead atoms. The van der Waals surface area contributed by atoms with Gasteiger partial charge < -0.3 is 14.4 Å². The fraction of sp³-hybridized carbons (Fsp3) is 0.722. The maximum atomic E-state index is 12.4. The number of piperidine rings is 1. The first-order valence-electron chi connectivity index (χ1n) is 8.81. The van der Waals surface area contributed by atoms with Gasteiger partial charge in [-0.1, -0.05) is 0 Å². The van der Waals surface area contributed by atoms with Crippen molar-refractivity contribution in [2.45, 2.75) is 50.2 Å². The first-order chi connectivity index (χ1) is 11.2. The zero-order valence-corrected chi connectivity index (χ0v) is 14.4. The topological polar surface area (TPSA) is 38.8 Å². The Morgan fingerprint density at radius 2 is 2.17 bits per heavy atom. The van der Waals surface area contributed by atoms with Gasteiger partial charge in [0.15, 0.2) is 0 Å². The van der Waals surface area contributed by atoms with Crippen molar-refractivity contribution >= 4 is 17.2 Å². The monoisotopic (exact) mass is 335 g/mol. The van der Waals surface area contributed by atoms with E-state index in [4.69, 9.17) is 9.47 Å². The van der Waals surface area contributed by atoms with Crippen LogP contribution in [-0.2, 0) is 9.47 Å². The van der Waals surface area contributed by atoms with Crippen LogP contribution in [0.15, 0.2) is 16.8 Å². The number of thiophene rings is 1. The predicted molar refractivity (Wildman–Crippen MR) is 89.8 cm³/mol. The molecule has 2 saturated heterocycles. The van der Waals surface area contributed by atoms with E-state index >= 15 is 0 Å². The van der Waals surface area contributed by atoms with Crippen LogP contribution in [0.5, 0.6) is 0 Å². The fourth-order valence-electron chi connectivity index (χ4n) is 3.72. The SMILES string of the molecule is O=C(c1ccsc1)N1CCC2(CC1)CC(OCC1CC1)CCO2. The minimum Gasteiger partial charge on any atom is -0.378 e. The molecule has 3 aliphatic rings. The zero-order valence-electron chi connectivity index (χ0n) is 13.5. The number of hydrogen-bond acceptors (Lipinski definition) is 4. The van der Waals surface area contributed by atoms with Crippen molar-refractivity contribution in [3.05, 3.63) is 22.4 Å². The Hall–Kier alpha value is -0.910. The Bertz CT molecular complexity index is 532. The van der Waals surface area contributed by atoms with E-state index in [0.29, 0.717) is 6.10 Å². The molecule has 4 nitrogen and oxygen atoms in total. The van der Waals surface area contributed by atoms with Crippen molar-refractivity contribution in [3.63, 3.8) is 0 Å². The van der Waals surface area contributed by atoms with E-state index in [1.807, 2.05) is 21.7 Å². The summed E-state index contributed by atoms with van der Waals surface area (Å²) < 4.78 is 12.3. The molecule has 1 saturated carbocycles. The number of hydrogen-bond donors (Lipinski definition) is 0. The molecule has 1 aromatic rings. The quantitative estimate of drug-likeness (QED) is 0.847. The predicted octanol–water partition coefficient (Wildman–Crippen LogP) is 3.33. The molecule has 0 aromatic carbocycles.